The minimum atomic E-state index is -0.716. The summed E-state index contributed by atoms with van der Waals surface area (Å²) in [5.74, 6) is -1.89. The maximum Gasteiger partial charge on any atom is 0.255 e. The quantitative estimate of drug-likeness (QED) is 0.727. The molecule has 1 amide bonds. The van der Waals surface area contributed by atoms with Crippen LogP contribution in [0, 0.1) is 5.82 Å². The summed E-state index contributed by atoms with van der Waals surface area (Å²) in [6.45, 7) is -0.220. The van der Waals surface area contributed by atoms with Gasteiger partial charge in [0.1, 0.15) is 11.6 Å². The summed E-state index contributed by atoms with van der Waals surface area (Å²) >= 11 is 5.48. The van der Waals surface area contributed by atoms with Crippen LogP contribution in [0.25, 0.3) is 0 Å². The minimum Gasteiger partial charge on any atom is -0.506 e. The zero-order valence-electron chi connectivity index (χ0n) is 7.63. The third-order valence-electron chi connectivity index (χ3n) is 1.67. The van der Waals surface area contributed by atoms with Crippen LogP contribution >= 0.6 is 11.6 Å². The van der Waals surface area contributed by atoms with Gasteiger partial charge in [-0.2, -0.15) is 0 Å². The smallest absolute Gasteiger partial charge is 0.255 e. The molecule has 1 aromatic rings. The Bertz CT molecular complexity index is 384. The Morgan fingerprint density at radius 1 is 1.53 bits per heavy atom. The van der Waals surface area contributed by atoms with Gasteiger partial charge in [-0.25, -0.2) is 4.39 Å². The number of nitrogens with one attached hydrogen (secondary N) is 1. The second kappa shape index (κ2) is 4.95. The van der Waals surface area contributed by atoms with Crippen molar-refractivity contribution >= 4 is 17.5 Å². The SMILES string of the molecule is O=C(NCCO)c1cc(F)cc(Cl)c1O. The van der Waals surface area contributed by atoms with E-state index >= 15 is 0 Å². The van der Waals surface area contributed by atoms with Crippen LogP contribution < -0.4 is 5.32 Å². The van der Waals surface area contributed by atoms with E-state index in [-0.39, 0.29) is 23.7 Å². The first-order valence-electron chi connectivity index (χ1n) is 4.13. The van der Waals surface area contributed by atoms with Crippen molar-refractivity contribution in [3.8, 4) is 5.75 Å². The van der Waals surface area contributed by atoms with Crippen LogP contribution in [0.15, 0.2) is 12.1 Å². The van der Waals surface area contributed by atoms with Crippen molar-refractivity contribution in [3.05, 3.63) is 28.5 Å². The summed E-state index contributed by atoms with van der Waals surface area (Å²) in [6, 6.07) is 1.77. The highest BCUT2D eigenvalue weighted by Gasteiger charge is 2.15. The number of carbonyl (C=O) groups is 1. The Kier molecular flexibility index (Phi) is 3.88. The van der Waals surface area contributed by atoms with E-state index in [1.807, 2.05) is 0 Å². The lowest BCUT2D eigenvalue weighted by Crippen LogP contribution is -2.26. The van der Waals surface area contributed by atoms with Crippen molar-refractivity contribution < 1.29 is 19.4 Å². The van der Waals surface area contributed by atoms with Gasteiger partial charge in [0.15, 0.2) is 0 Å². The van der Waals surface area contributed by atoms with Crippen LogP contribution in [0.4, 0.5) is 4.39 Å². The fourth-order valence-corrected chi connectivity index (χ4v) is 1.21. The zero-order chi connectivity index (χ0) is 11.4. The van der Waals surface area contributed by atoms with Crippen LogP contribution in [0.2, 0.25) is 5.02 Å². The lowest BCUT2D eigenvalue weighted by Gasteiger charge is -2.06. The topological polar surface area (TPSA) is 69.6 Å². The van der Waals surface area contributed by atoms with Crippen molar-refractivity contribution in [1.29, 1.82) is 0 Å². The third kappa shape index (κ3) is 2.81. The highest BCUT2D eigenvalue weighted by atomic mass is 35.5. The van der Waals surface area contributed by atoms with E-state index in [0.29, 0.717) is 0 Å². The number of benzene rings is 1. The predicted molar refractivity (Wildman–Crippen MR) is 52.5 cm³/mol. The molecule has 1 rings (SSSR count). The molecule has 0 bridgehead atoms. The Labute approximate surface area is 90.3 Å². The maximum atomic E-state index is 12.9. The van der Waals surface area contributed by atoms with E-state index in [2.05, 4.69) is 5.32 Å². The Morgan fingerprint density at radius 3 is 2.80 bits per heavy atom. The van der Waals surface area contributed by atoms with Gasteiger partial charge >= 0.3 is 0 Å². The molecular formula is C9H9ClFNO3. The van der Waals surface area contributed by atoms with E-state index in [1.165, 1.54) is 0 Å². The van der Waals surface area contributed by atoms with E-state index < -0.39 is 17.5 Å². The van der Waals surface area contributed by atoms with Gasteiger partial charge in [0, 0.05) is 6.54 Å². The molecule has 6 heteroatoms. The molecular weight excluding hydrogens is 225 g/mol. The van der Waals surface area contributed by atoms with Gasteiger partial charge < -0.3 is 15.5 Å². The first-order valence-corrected chi connectivity index (χ1v) is 4.51. The fourth-order valence-electron chi connectivity index (χ4n) is 1.00. The summed E-state index contributed by atoms with van der Waals surface area (Å²) in [5.41, 5.74) is -0.256. The monoisotopic (exact) mass is 233 g/mol. The van der Waals surface area contributed by atoms with Gasteiger partial charge in [-0.1, -0.05) is 11.6 Å². The fraction of sp³-hybridized carbons (Fsp3) is 0.222. The van der Waals surface area contributed by atoms with E-state index in [0.717, 1.165) is 12.1 Å². The molecule has 3 N–H and O–H groups in total. The summed E-state index contributed by atoms with van der Waals surface area (Å²) < 4.78 is 12.9. The van der Waals surface area contributed by atoms with Crippen LogP contribution in [-0.2, 0) is 0 Å². The molecule has 0 aromatic heterocycles. The van der Waals surface area contributed by atoms with Crippen LogP contribution in [0.1, 0.15) is 10.4 Å². The standard InChI is InChI=1S/C9H9ClFNO3/c10-7-4-5(11)3-6(8(7)14)9(15)12-1-2-13/h3-4,13-14H,1-2H2,(H,12,15). The van der Waals surface area contributed by atoms with Gasteiger partial charge in [-0.05, 0) is 12.1 Å². The van der Waals surface area contributed by atoms with Gasteiger partial charge in [0.25, 0.3) is 5.91 Å². The second-order valence-electron chi connectivity index (χ2n) is 2.76. The molecule has 82 valence electrons. The average molecular weight is 234 g/mol. The first-order chi connectivity index (χ1) is 7.06. The van der Waals surface area contributed by atoms with E-state index in [4.69, 9.17) is 16.7 Å². The molecule has 0 saturated carbocycles. The summed E-state index contributed by atoms with van der Waals surface area (Å²) in [7, 11) is 0. The predicted octanol–water partition coefficient (Wildman–Crippen LogP) is 0.907. The molecule has 15 heavy (non-hydrogen) atoms. The minimum absolute atomic E-state index is 0.0202. The number of aliphatic hydroxyl groups excluding tert-OH is 1. The van der Waals surface area contributed by atoms with Crippen molar-refractivity contribution in [3.63, 3.8) is 0 Å². The van der Waals surface area contributed by atoms with Crippen LogP contribution in [0.3, 0.4) is 0 Å². The van der Waals surface area contributed by atoms with Crippen molar-refractivity contribution in [2.24, 2.45) is 0 Å². The van der Waals surface area contributed by atoms with Gasteiger partial charge in [0.05, 0.1) is 17.2 Å². The van der Waals surface area contributed by atoms with Crippen LogP contribution in [0.5, 0.6) is 5.75 Å². The molecule has 4 nitrogen and oxygen atoms in total. The Balaban J connectivity index is 2.98. The maximum absolute atomic E-state index is 12.9. The largest absolute Gasteiger partial charge is 0.506 e. The van der Waals surface area contributed by atoms with Gasteiger partial charge in [0.2, 0.25) is 0 Å². The molecule has 0 fully saturated rings. The van der Waals surface area contributed by atoms with Gasteiger partial charge in [-0.3, -0.25) is 4.79 Å². The number of hydrogen-bond donors (Lipinski definition) is 3. The van der Waals surface area contributed by atoms with Crippen molar-refractivity contribution in [1.82, 2.24) is 5.32 Å². The molecule has 0 spiro atoms. The molecule has 0 unspecified atom stereocenters. The third-order valence-corrected chi connectivity index (χ3v) is 1.96. The molecule has 0 aliphatic heterocycles. The zero-order valence-corrected chi connectivity index (χ0v) is 8.38. The summed E-state index contributed by atoms with van der Waals surface area (Å²) in [5, 5.41) is 19.9. The number of phenols is 1. The van der Waals surface area contributed by atoms with Crippen molar-refractivity contribution in [2.75, 3.05) is 13.2 Å². The average Bonchev–Trinajstić information content (AvgIpc) is 2.19. The molecule has 0 aliphatic carbocycles. The second-order valence-corrected chi connectivity index (χ2v) is 3.17. The van der Waals surface area contributed by atoms with Crippen LogP contribution in [-0.4, -0.2) is 29.3 Å². The number of halogens is 2. The number of aromatic hydroxyl groups is 1. The number of amides is 1. The highest BCUT2D eigenvalue weighted by molar-refractivity contribution is 6.32. The molecule has 0 radical (unpaired) electrons. The normalized spacial score (nSPS) is 10.1. The first kappa shape index (κ1) is 11.7. The number of phenolic OH excluding ortho intramolecular Hbond substituents is 1. The van der Waals surface area contributed by atoms with E-state index in [1.54, 1.807) is 0 Å². The number of rotatable bonds is 3. The van der Waals surface area contributed by atoms with Gasteiger partial charge in [-0.15, -0.1) is 0 Å². The summed E-state index contributed by atoms with van der Waals surface area (Å²) in [6.07, 6.45) is 0. The number of hydrogen-bond acceptors (Lipinski definition) is 3. The number of aliphatic hydroxyl groups is 1. The van der Waals surface area contributed by atoms with E-state index in [9.17, 15) is 14.3 Å². The summed E-state index contributed by atoms with van der Waals surface area (Å²) in [4.78, 5) is 11.3. The van der Waals surface area contributed by atoms with Crippen molar-refractivity contribution in [2.45, 2.75) is 0 Å². The Hall–Kier alpha value is -1.33. The lowest BCUT2D eigenvalue weighted by atomic mass is 10.2. The molecule has 0 atom stereocenters. The molecule has 0 heterocycles. The lowest BCUT2D eigenvalue weighted by molar-refractivity contribution is 0.0941. The molecule has 1 aromatic carbocycles. The highest BCUT2D eigenvalue weighted by Crippen LogP contribution is 2.28. The number of carbonyl (C=O) groups excluding carboxylic acids is 1. The molecule has 0 saturated heterocycles. The molecule has 0 aliphatic rings. The Morgan fingerprint density at radius 2 is 2.20 bits per heavy atom.